The van der Waals surface area contributed by atoms with E-state index in [1.807, 2.05) is 25.1 Å². The van der Waals surface area contributed by atoms with Crippen molar-refractivity contribution < 1.29 is 17.9 Å². The summed E-state index contributed by atoms with van der Waals surface area (Å²) in [5.41, 5.74) is 2.45. The molecule has 0 bridgehead atoms. The minimum absolute atomic E-state index is 0.0801. The summed E-state index contributed by atoms with van der Waals surface area (Å²) in [5.74, 6) is -0.569. The molecule has 9 heteroatoms. The zero-order valence-electron chi connectivity index (χ0n) is 17.8. The van der Waals surface area contributed by atoms with Crippen molar-refractivity contribution in [2.24, 2.45) is 0 Å². The maximum atomic E-state index is 13.2. The van der Waals surface area contributed by atoms with Gasteiger partial charge < -0.3 is 4.74 Å². The topological polar surface area (TPSA) is 76.6 Å². The van der Waals surface area contributed by atoms with Crippen molar-refractivity contribution in [2.45, 2.75) is 38.0 Å². The molecule has 2 aromatic carbocycles. The van der Waals surface area contributed by atoms with Crippen LogP contribution in [0.25, 0.3) is 10.2 Å². The molecule has 0 spiro atoms. The van der Waals surface area contributed by atoms with Crippen molar-refractivity contribution in [1.29, 1.82) is 0 Å². The summed E-state index contributed by atoms with van der Waals surface area (Å²) in [4.78, 5) is 19.5. The Morgan fingerprint density at radius 3 is 2.72 bits per heavy atom. The first-order valence-corrected chi connectivity index (χ1v) is 13.6. The van der Waals surface area contributed by atoms with Crippen LogP contribution in [0.1, 0.15) is 30.4 Å². The zero-order valence-corrected chi connectivity index (χ0v) is 20.2. The smallest absolute Gasteiger partial charge is 0.229 e. The Labute approximate surface area is 197 Å². The molecular weight excluding hydrogens is 468 g/mol. The third kappa shape index (κ3) is 5.49. The summed E-state index contributed by atoms with van der Waals surface area (Å²) in [7, 11) is -3.43. The number of benzene rings is 2. The molecule has 1 atom stereocenters. The predicted molar refractivity (Wildman–Crippen MR) is 129 cm³/mol. The number of nitrogens with zero attached hydrogens (tertiary/aromatic N) is 2. The molecular formula is C23H25ClN2O4S2. The molecule has 2 heterocycles. The lowest BCUT2D eigenvalue weighted by Crippen LogP contribution is -2.38. The number of fused-ring (bicyclic) bond motifs is 1. The Bertz CT molecular complexity index is 1170. The summed E-state index contributed by atoms with van der Waals surface area (Å²) in [6, 6.07) is 12.7. The molecule has 170 valence electrons. The highest BCUT2D eigenvalue weighted by Crippen LogP contribution is 2.36. The van der Waals surface area contributed by atoms with Gasteiger partial charge in [0.05, 0.1) is 39.4 Å². The van der Waals surface area contributed by atoms with Gasteiger partial charge in [0.2, 0.25) is 5.91 Å². The van der Waals surface area contributed by atoms with Crippen LogP contribution in [-0.2, 0) is 25.1 Å². The molecule has 6 nitrogen and oxygen atoms in total. The number of aromatic nitrogens is 1. The van der Waals surface area contributed by atoms with Gasteiger partial charge >= 0.3 is 0 Å². The maximum Gasteiger partial charge on any atom is 0.229 e. The van der Waals surface area contributed by atoms with Crippen LogP contribution in [0.3, 0.4) is 0 Å². The van der Waals surface area contributed by atoms with Gasteiger partial charge in [0.1, 0.15) is 0 Å². The van der Waals surface area contributed by atoms with Crippen LogP contribution >= 0.6 is 22.9 Å². The van der Waals surface area contributed by atoms with Gasteiger partial charge in [0, 0.05) is 13.0 Å². The van der Waals surface area contributed by atoms with Gasteiger partial charge in [0.25, 0.3) is 0 Å². The number of halogens is 1. The first-order valence-electron chi connectivity index (χ1n) is 10.5. The number of hydrogen-bond acceptors (Lipinski definition) is 6. The van der Waals surface area contributed by atoms with Crippen molar-refractivity contribution in [3.05, 3.63) is 58.6 Å². The van der Waals surface area contributed by atoms with E-state index in [9.17, 15) is 13.2 Å². The molecule has 0 aliphatic carbocycles. The van der Waals surface area contributed by atoms with E-state index in [0.29, 0.717) is 28.9 Å². The van der Waals surface area contributed by atoms with Crippen LogP contribution in [0.4, 0.5) is 5.13 Å². The number of aryl methyl sites for hydroxylation is 1. The second-order valence-electron chi connectivity index (χ2n) is 8.01. The number of hydrogen-bond donors (Lipinski definition) is 0. The van der Waals surface area contributed by atoms with E-state index in [-0.39, 0.29) is 29.9 Å². The second kappa shape index (κ2) is 9.87. The van der Waals surface area contributed by atoms with Crippen molar-refractivity contribution in [2.75, 3.05) is 23.8 Å². The Morgan fingerprint density at radius 1 is 1.25 bits per heavy atom. The number of sulfone groups is 1. The van der Waals surface area contributed by atoms with Crippen molar-refractivity contribution in [3.8, 4) is 0 Å². The lowest BCUT2D eigenvalue weighted by atomic mass is 10.2. The van der Waals surface area contributed by atoms with Crippen molar-refractivity contribution in [1.82, 2.24) is 4.98 Å². The summed E-state index contributed by atoms with van der Waals surface area (Å²) >= 11 is 7.71. The van der Waals surface area contributed by atoms with E-state index in [4.69, 9.17) is 16.3 Å². The number of carbonyl (C=O) groups is 1. The summed E-state index contributed by atoms with van der Waals surface area (Å²) in [6.45, 7) is 2.97. The van der Waals surface area contributed by atoms with Gasteiger partial charge in [-0.25, -0.2) is 13.4 Å². The Hall–Kier alpha value is -2.00. The first-order chi connectivity index (χ1) is 15.3. The van der Waals surface area contributed by atoms with E-state index < -0.39 is 9.84 Å². The Kier molecular flexibility index (Phi) is 7.14. The summed E-state index contributed by atoms with van der Waals surface area (Å²) in [6.07, 6.45) is 1.62. The van der Waals surface area contributed by atoms with Gasteiger partial charge in [-0.05, 0) is 37.0 Å². The van der Waals surface area contributed by atoms with Crippen LogP contribution in [0.15, 0.2) is 42.5 Å². The third-order valence-corrected chi connectivity index (χ3v) is 8.62. The fourth-order valence-electron chi connectivity index (χ4n) is 3.76. The second-order valence-corrected chi connectivity index (χ2v) is 11.6. The standard InChI is InChI=1S/C23H25ClN2O4S2/c1-16-9-10-19(24)22-21(16)25-23(31-22)26(14-18-8-5-12-30-18)20(27)11-13-32(28,29)15-17-6-3-2-4-7-17/h2-4,6-7,9-10,18H,5,8,11-15H2,1H3. The van der Waals surface area contributed by atoms with Crippen molar-refractivity contribution >= 4 is 54.0 Å². The quantitative estimate of drug-likeness (QED) is 0.452. The highest BCUT2D eigenvalue weighted by Gasteiger charge is 2.27. The molecule has 32 heavy (non-hydrogen) atoms. The fourth-order valence-corrected chi connectivity index (χ4v) is 6.44. The molecule has 3 aromatic rings. The molecule has 1 saturated heterocycles. The zero-order chi connectivity index (χ0) is 22.7. The maximum absolute atomic E-state index is 13.2. The molecule has 1 fully saturated rings. The molecule has 0 saturated carbocycles. The van der Waals surface area contributed by atoms with E-state index in [1.54, 1.807) is 29.2 Å². The highest BCUT2D eigenvalue weighted by atomic mass is 35.5. The number of amides is 1. The van der Waals surface area contributed by atoms with Crippen LogP contribution < -0.4 is 4.90 Å². The summed E-state index contributed by atoms with van der Waals surface area (Å²) in [5, 5.41) is 1.11. The highest BCUT2D eigenvalue weighted by molar-refractivity contribution is 7.90. The molecule has 0 N–H and O–H groups in total. The molecule has 4 rings (SSSR count). The van der Waals surface area contributed by atoms with Gasteiger partial charge in [-0.1, -0.05) is 59.3 Å². The number of anilines is 1. The average Bonchev–Trinajstić information content (AvgIpc) is 3.44. The van der Waals surface area contributed by atoms with Gasteiger partial charge in [-0.15, -0.1) is 0 Å². The van der Waals surface area contributed by atoms with E-state index in [1.165, 1.54) is 11.3 Å². The minimum atomic E-state index is -3.43. The fraction of sp³-hybridized carbons (Fsp3) is 0.391. The number of thiazole rings is 1. The van der Waals surface area contributed by atoms with Crippen LogP contribution in [0.5, 0.6) is 0 Å². The number of carbonyl (C=O) groups excluding carboxylic acids is 1. The van der Waals surface area contributed by atoms with Gasteiger partial charge in [-0.3, -0.25) is 9.69 Å². The van der Waals surface area contributed by atoms with E-state index >= 15 is 0 Å². The Morgan fingerprint density at radius 2 is 2.03 bits per heavy atom. The number of ether oxygens (including phenoxy) is 1. The van der Waals surface area contributed by atoms with Crippen LogP contribution in [0, 0.1) is 6.92 Å². The normalized spacial score (nSPS) is 16.5. The molecule has 1 aromatic heterocycles. The lowest BCUT2D eigenvalue weighted by Gasteiger charge is -2.23. The Balaban J connectivity index is 1.54. The van der Waals surface area contributed by atoms with Gasteiger partial charge in [-0.2, -0.15) is 0 Å². The van der Waals surface area contributed by atoms with E-state index in [0.717, 1.165) is 28.6 Å². The third-order valence-electron chi connectivity index (χ3n) is 5.48. The van der Waals surface area contributed by atoms with Crippen LogP contribution in [-0.4, -0.2) is 44.3 Å². The largest absolute Gasteiger partial charge is 0.376 e. The predicted octanol–water partition coefficient (Wildman–Crippen LogP) is 4.78. The average molecular weight is 493 g/mol. The van der Waals surface area contributed by atoms with Crippen molar-refractivity contribution in [3.63, 3.8) is 0 Å². The van der Waals surface area contributed by atoms with E-state index in [2.05, 4.69) is 4.98 Å². The SMILES string of the molecule is Cc1ccc(Cl)c2sc(N(CC3CCCO3)C(=O)CCS(=O)(=O)Cc3ccccc3)nc12. The number of rotatable bonds is 8. The molecule has 1 aliphatic rings. The first kappa shape index (κ1) is 23.2. The summed E-state index contributed by atoms with van der Waals surface area (Å²) < 4.78 is 31.8. The lowest BCUT2D eigenvalue weighted by molar-refractivity contribution is -0.118. The molecule has 1 aliphatic heterocycles. The molecule has 1 amide bonds. The minimum Gasteiger partial charge on any atom is -0.376 e. The monoisotopic (exact) mass is 492 g/mol. The van der Waals surface area contributed by atoms with Crippen LogP contribution in [0.2, 0.25) is 5.02 Å². The van der Waals surface area contributed by atoms with Gasteiger partial charge in [0.15, 0.2) is 15.0 Å². The molecule has 0 radical (unpaired) electrons. The molecule has 1 unspecified atom stereocenters.